The smallest absolute Gasteiger partial charge is 0.129 e. The minimum atomic E-state index is -0.0496. The Morgan fingerprint density at radius 3 is 2.64 bits per heavy atom. The van der Waals surface area contributed by atoms with Crippen LogP contribution in [0.25, 0.3) is 0 Å². The van der Waals surface area contributed by atoms with Gasteiger partial charge in [0.05, 0.1) is 0 Å². The molecule has 14 heavy (non-hydrogen) atoms. The summed E-state index contributed by atoms with van der Waals surface area (Å²) >= 11 is 0. The van der Waals surface area contributed by atoms with Crippen molar-refractivity contribution in [2.45, 2.75) is 33.5 Å². The SMILES string of the molecule is CC(C)CCOCc1ccc(CO)o1. The predicted octanol–water partition coefficient (Wildman–Crippen LogP) is 2.33. The second kappa shape index (κ2) is 5.83. The Morgan fingerprint density at radius 1 is 1.36 bits per heavy atom. The van der Waals surface area contributed by atoms with E-state index < -0.39 is 0 Å². The Morgan fingerprint density at radius 2 is 2.07 bits per heavy atom. The highest BCUT2D eigenvalue weighted by Gasteiger charge is 2.01. The van der Waals surface area contributed by atoms with Crippen molar-refractivity contribution >= 4 is 0 Å². The molecule has 0 aliphatic heterocycles. The number of aliphatic hydroxyl groups excluding tert-OH is 1. The standard InChI is InChI=1S/C11H18O3/c1-9(2)5-6-13-8-11-4-3-10(7-12)14-11/h3-4,9,12H,5-8H2,1-2H3. The van der Waals surface area contributed by atoms with Gasteiger partial charge < -0.3 is 14.3 Å². The summed E-state index contributed by atoms with van der Waals surface area (Å²) in [4.78, 5) is 0. The highest BCUT2D eigenvalue weighted by Crippen LogP contribution is 2.09. The lowest BCUT2D eigenvalue weighted by Gasteiger charge is -2.04. The molecule has 0 bridgehead atoms. The summed E-state index contributed by atoms with van der Waals surface area (Å²) in [5, 5.41) is 8.76. The van der Waals surface area contributed by atoms with Crippen molar-refractivity contribution in [2.75, 3.05) is 6.61 Å². The van der Waals surface area contributed by atoms with E-state index in [1.54, 1.807) is 6.07 Å². The van der Waals surface area contributed by atoms with Crippen LogP contribution in [0.1, 0.15) is 31.8 Å². The number of hydrogen-bond acceptors (Lipinski definition) is 3. The van der Waals surface area contributed by atoms with Gasteiger partial charge in [0.1, 0.15) is 24.7 Å². The fourth-order valence-electron chi connectivity index (χ4n) is 1.08. The van der Waals surface area contributed by atoms with Crippen LogP contribution in [0.4, 0.5) is 0 Å². The first-order chi connectivity index (χ1) is 6.72. The van der Waals surface area contributed by atoms with Gasteiger partial charge in [-0.05, 0) is 24.5 Å². The van der Waals surface area contributed by atoms with Crippen molar-refractivity contribution < 1.29 is 14.3 Å². The molecule has 80 valence electrons. The normalized spacial score (nSPS) is 11.1. The third-order valence-electron chi connectivity index (χ3n) is 1.96. The number of rotatable bonds is 6. The van der Waals surface area contributed by atoms with Gasteiger partial charge in [0.15, 0.2) is 0 Å². The zero-order valence-electron chi connectivity index (χ0n) is 8.82. The number of furan rings is 1. The van der Waals surface area contributed by atoms with Gasteiger partial charge in [-0.2, -0.15) is 0 Å². The molecule has 0 spiro atoms. The van der Waals surface area contributed by atoms with Crippen LogP contribution in [0, 0.1) is 5.92 Å². The molecular formula is C11H18O3. The first kappa shape index (κ1) is 11.3. The molecule has 0 saturated heterocycles. The maximum absolute atomic E-state index is 8.76. The Balaban J connectivity index is 2.18. The maximum Gasteiger partial charge on any atom is 0.129 e. The van der Waals surface area contributed by atoms with E-state index in [2.05, 4.69) is 13.8 Å². The summed E-state index contributed by atoms with van der Waals surface area (Å²) in [6.45, 7) is 5.53. The van der Waals surface area contributed by atoms with Gasteiger partial charge in [0.2, 0.25) is 0 Å². The van der Waals surface area contributed by atoms with Crippen molar-refractivity contribution in [1.82, 2.24) is 0 Å². The van der Waals surface area contributed by atoms with Crippen LogP contribution in [0.5, 0.6) is 0 Å². The molecule has 1 N–H and O–H groups in total. The summed E-state index contributed by atoms with van der Waals surface area (Å²) in [7, 11) is 0. The summed E-state index contributed by atoms with van der Waals surface area (Å²) in [6.07, 6.45) is 1.06. The lowest BCUT2D eigenvalue weighted by molar-refractivity contribution is 0.0945. The van der Waals surface area contributed by atoms with Crippen LogP contribution >= 0.6 is 0 Å². The minimum Gasteiger partial charge on any atom is -0.461 e. The van der Waals surface area contributed by atoms with Gasteiger partial charge in [-0.15, -0.1) is 0 Å². The molecule has 0 amide bonds. The Labute approximate surface area is 84.7 Å². The number of aliphatic hydroxyl groups is 1. The zero-order chi connectivity index (χ0) is 10.4. The third kappa shape index (κ3) is 3.94. The van der Waals surface area contributed by atoms with Crippen LogP contribution in [-0.2, 0) is 18.0 Å². The van der Waals surface area contributed by atoms with E-state index in [0.717, 1.165) is 18.8 Å². The van der Waals surface area contributed by atoms with Gasteiger partial charge in [0, 0.05) is 6.61 Å². The monoisotopic (exact) mass is 198 g/mol. The highest BCUT2D eigenvalue weighted by molar-refractivity contribution is 5.05. The molecule has 0 fully saturated rings. The molecule has 0 saturated carbocycles. The van der Waals surface area contributed by atoms with E-state index in [1.807, 2.05) is 6.07 Å². The Bertz CT molecular complexity index is 253. The third-order valence-corrected chi connectivity index (χ3v) is 1.96. The van der Waals surface area contributed by atoms with E-state index in [1.165, 1.54) is 0 Å². The van der Waals surface area contributed by atoms with Crippen LogP contribution in [-0.4, -0.2) is 11.7 Å². The lowest BCUT2D eigenvalue weighted by Crippen LogP contribution is -1.98. The molecular weight excluding hydrogens is 180 g/mol. The second-order valence-corrected chi connectivity index (χ2v) is 3.76. The van der Waals surface area contributed by atoms with Crippen LogP contribution in [0.2, 0.25) is 0 Å². The topological polar surface area (TPSA) is 42.6 Å². The molecule has 1 rings (SSSR count). The fraction of sp³-hybridized carbons (Fsp3) is 0.636. The van der Waals surface area contributed by atoms with Gasteiger partial charge in [0.25, 0.3) is 0 Å². The quantitative estimate of drug-likeness (QED) is 0.713. The zero-order valence-corrected chi connectivity index (χ0v) is 8.82. The minimum absolute atomic E-state index is 0.0496. The van der Waals surface area contributed by atoms with Crippen LogP contribution < -0.4 is 0 Å². The molecule has 1 aromatic heterocycles. The van der Waals surface area contributed by atoms with Gasteiger partial charge in [-0.1, -0.05) is 13.8 Å². The van der Waals surface area contributed by atoms with Gasteiger partial charge in [-0.25, -0.2) is 0 Å². The van der Waals surface area contributed by atoms with Crippen molar-refractivity contribution in [3.8, 4) is 0 Å². The first-order valence-electron chi connectivity index (χ1n) is 4.98. The Kier molecular flexibility index (Phi) is 4.70. The average Bonchev–Trinajstić information content (AvgIpc) is 2.60. The van der Waals surface area contributed by atoms with Crippen molar-refractivity contribution in [3.63, 3.8) is 0 Å². The number of ether oxygens (including phenoxy) is 1. The predicted molar refractivity (Wildman–Crippen MR) is 53.7 cm³/mol. The first-order valence-corrected chi connectivity index (χ1v) is 4.98. The molecule has 0 aliphatic carbocycles. The largest absolute Gasteiger partial charge is 0.461 e. The molecule has 0 unspecified atom stereocenters. The molecule has 1 heterocycles. The average molecular weight is 198 g/mol. The summed E-state index contributed by atoms with van der Waals surface area (Å²) in [5.74, 6) is 2.03. The van der Waals surface area contributed by atoms with E-state index in [9.17, 15) is 0 Å². The Hall–Kier alpha value is -0.800. The molecule has 0 radical (unpaired) electrons. The van der Waals surface area contributed by atoms with Crippen molar-refractivity contribution in [3.05, 3.63) is 23.7 Å². The van der Waals surface area contributed by atoms with Crippen molar-refractivity contribution in [2.24, 2.45) is 5.92 Å². The molecule has 3 nitrogen and oxygen atoms in total. The maximum atomic E-state index is 8.76. The molecule has 1 aromatic rings. The fourth-order valence-corrected chi connectivity index (χ4v) is 1.08. The highest BCUT2D eigenvalue weighted by atomic mass is 16.5. The molecule has 3 heteroatoms. The van der Waals surface area contributed by atoms with Crippen LogP contribution in [0.3, 0.4) is 0 Å². The summed E-state index contributed by atoms with van der Waals surface area (Å²) < 4.78 is 10.7. The molecule has 0 atom stereocenters. The summed E-state index contributed by atoms with van der Waals surface area (Å²) in [5.41, 5.74) is 0. The van der Waals surface area contributed by atoms with Gasteiger partial charge in [-0.3, -0.25) is 0 Å². The van der Waals surface area contributed by atoms with Crippen LogP contribution in [0.15, 0.2) is 16.5 Å². The van der Waals surface area contributed by atoms with E-state index in [4.69, 9.17) is 14.3 Å². The van der Waals surface area contributed by atoms with Crippen molar-refractivity contribution in [1.29, 1.82) is 0 Å². The molecule has 0 aromatic carbocycles. The second-order valence-electron chi connectivity index (χ2n) is 3.76. The van der Waals surface area contributed by atoms with Gasteiger partial charge >= 0.3 is 0 Å². The lowest BCUT2D eigenvalue weighted by atomic mass is 10.1. The van der Waals surface area contributed by atoms with E-state index in [-0.39, 0.29) is 6.61 Å². The molecule has 0 aliphatic rings. The summed E-state index contributed by atoms with van der Waals surface area (Å²) in [6, 6.07) is 3.60. The van der Waals surface area contributed by atoms with E-state index >= 15 is 0 Å². The number of hydrogen-bond donors (Lipinski definition) is 1. The van der Waals surface area contributed by atoms with E-state index in [0.29, 0.717) is 18.3 Å².